The molecule has 0 bridgehead atoms. The van der Waals surface area contributed by atoms with E-state index in [4.69, 9.17) is 4.74 Å². The Morgan fingerprint density at radius 1 is 1.10 bits per heavy atom. The fourth-order valence-corrected chi connectivity index (χ4v) is 2.06. The third-order valence-electron chi connectivity index (χ3n) is 3.39. The standard InChI is InChI=1S/C17H28N2O2/c1-3-4-5-6-7-12-18-14-17(20)19-13-15-8-10-16(21-2)11-9-15/h8-11,18H,3-7,12-14H2,1-2H3,(H,19,20). The average Bonchev–Trinajstić information content (AvgIpc) is 2.52. The van der Waals surface area contributed by atoms with Gasteiger partial charge in [-0.1, -0.05) is 44.7 Å². The summed E-state index contributed by atoms with van der Waals surface area (Å²) in [4.78, 5) is 11.7. The fraction of sp³-hybridized carbons (Fsp3) is 0.588. The second-order valence-electron chi connectivity index (χ2n) is 5.22. The van der Waals surface area contributed by atoms with Crippen LogP contribution in [0.1, 0.15) is 44.6 Å². The zero-order valence-electron chi connectivity index (χ0n) is 13.3. The molecule has 0 radical (unpaired) electrons. The second-order valence-corrected chi connectivity index (χ2v) is 5.22. The molecule has 0 spiro atoms. The molecule has 0 saturated carbocycles. The lowest BCUT2D eigenvalue weighted by Gasteiger charge is -2.07. The van der Waals surface area contributed by atoms with E-state index in [0.717, 1.165) is 24.3 Å². The van der Waals surface area contributed by atoms with Crippen molar-refractivity contribution < 1.29 is 9.53 Å². The van der Waals surface area contributed by atoms with Crippen molar-refractivity contribution in [3.8, 4) is 5.75 Å². The third-order valence-corrected chi connectivity index (χ3v) is 3.39. The van der Waals surface area contributed by atoms with Crippen LogP contribution in [-0.4, -0.2) is 26.1 Å². The van der Waals surface area contributed by atoms with Gasteiger partial charge in [-0.25, -0.2) is 0 Å². The maximum Gasteiger partial charge on any atom is 0.234 e. The molecule has 0 aliphatic heterocycles. The Morgan fingerprint density at radius 2 is 1.81 bits per heavy atom. The van der Waals surface area contributed by atoms with Gasteiger partial charge < -0.3 is 15.4 Å². The predicted octanol–water partition coefficient (Wildman–Crippen LogP) is 2.87. The maximum atomic E-state index is 11.7. The molecule has 0 unspecified atom stereocenters. The summed E-state index contributed by atoms with van der Waals surface area (Å²) in [5.41, 5.74) is 1.07. The van der Waals surface area contributed by atoms with E-state index in [1.807, 2.05) is 24.3 Å². The summed E-state index contributed by atoms with van der Waals surface area (Å²) in [7, 11) is 1.64. The summed E-state index contributed by atoms with van der Waals surface area (Å²) in [5, 5.41) is 6.09. The van der Waals surface area contributed by atoms with Crippen molar-refractivity contribution in [2.24, 2.45) is 0 Å². The smallest absolute Gasteiger partial charge is 0.234 e. The van der Waals surface area contributed by atoms with E-state index in [1.54, 1.807) is 7.11 Å². The van der Waals surface area contributed by atoms with Crippen LogP contribution in [0.5, 0.6) is 5.75 Å². The second kappa shape index (κ2) is 11.1. The normalized spacial score (nSPS) is 10.4. The highest BCUT2D eigenvalue weighted by atomic mass is 16.5. The molecule has 0 aliphatic rings. The lowest BCUT2D eigenvalue weighted by molar-refractivity contribution is -0.120. The zero-order valence-corrected chi connectivity index (χ0v) is 13.3. The highest BCUT2D eigenvalue weighted by Crippen LogP contribution is 2.10. The highest BCUT2D eigenvalue weighted by molar-refractivity contribution is 5.77. The van der Waals surface area contributed by atoms with Crippen LogP contribution in [0.25, 0.3) is 0 Å². The van der Waals surface area contributed by atoms with E-state index >= 15 is 0 Å². The van der Waals surface area contributed by atoms with Gasteiger partial charge in [0.1, 0.15) is 5.75 Å². The number of unbranched alkanes of at least 4 members (excludes halogenated alkanes) is 4. The van der Waals surface area contributed by atoms with Gasteiger partial charge in [0, 0.05) is 6.54 Å². The van der Waals surface area contributed by atoms with Gasteiger partial charge >= 0.3 is 0 Å². The van der Waals surface area contributed by atoms with Crippen molar-refractivity contribution in [1.29, 1.82) is 0 Å². The number of benzene rings is 1. The number of nitrogens with one attached hydrogen (secondary N) is 2. The van der Waals surface area contributed by atoms with Gasteiger partial charge in [0.2, 0.25) is 5.91 Å². The lowest BCUT2D eigenvalue weighted by atomic mass is 10.1. The van der Waals surface area contributed by atoms with Crippen molar-refractivity contribution >= 4 is 5.91 Å². The molecular weight excluding hydrogens is 264 g/mol. The van der Waals surface area contributed by atoms with E-state index in [2.05, 4.69) is 17.6 Å². The number of methoxy groups -OCH3 is 1. The molecule has 0 heterocycles. The van der Waals surface area contributed by atoms with Gasteiger partial charge in [-0.15, -0.1) is 0 Å². The van der Waals surface area contributed by atoms with Gasteiger partial charge in [-0.3, -0.25) is 4.79 Å². The summed E-state index contributed by atoms with van der Waals surface area (Å²) >= 11 is 0. The largest absolute Gasteiger partial charge is 0.497 e. The van der Waals surface area contributed by atoms with E-state index in [9.17, 15) is 4.79 Å². The SMILES string of the molecule is CCCCCCCNCC(=O)NCc1ccc(OC)cc1. The number of hydrogen-bond donors (Lipinski definition) is 2. The molecule has 1 aromatic carbocycles. The highest BCUT2D eigenvalue weighted by Gasteiger charge is 2.01. The first-order chi connectivity index (χ1) is 10.3. The van der Waals surface area contributed by atoms with Crippen LogP contribution in [0.3, 0.4) is 0 Å². The molecule has 1 aromatic rings. The average molecular weight is 292 g/mol. The van der Waals surface area contributed by atoms with Crippen LogP contribution in [0.4, 0.5) is 0 Å². The molecule has 118 valence electrons. The summed E-state index contributed by atoms with van der Waals surface area (Å²) < 4.78 is 5.10. The Balaban J connectivity index is 2.05. The van der Waals surface area contributed by atoms with Gasteiger partial charge in [0.15, 0.2) is 0 Å². The van der Waals surface area contributed by atoms with Gasteiger partial charge in [0.25, 0.3) is 0 Å². The Labute approximate surface area is 128 Å². The first-order valence-electron chi connectivity index (χ1n) is 7.86. The summed E-state index contributed by atoms with van der Waals surface area (Å²) in [5.74, 6) is 0.870. The minimum atomic E-state index is 0.0411. The first-order valence-corrected chi connectivity index (χ1v) is 7.86. The van der Waals surface area contributed by atoms with Crippen LogP contribution in [-0.2, 0) is 11.3 Å². The maximum absolute atomic E-state index is 11.7. The number of rotatable bonds is 11. The molecule has 4 heteroatoms. The Bertz CT molecular complexity index is 390. The molecule has 0 saturated heterocycles. The van der Waals surface area contributed by atoms with E-state index in [-0.39, 0.29) is 5.91 Å². The van der Waals surface area contributed by atoms with Crippen molar-refractivity contribution in [1.82, 2.24) is 10.6 Å². The molecule has 0 atom stereocenters. The van der Waals surface area contributed by atoms with E-state index in [1.165, 1.54) is 25.7 Å². The molecule has 1 rings (SSSR count). The van der Waals surface area contributed by atoms with E-state index < -0.39 is 0 Å². The number of ether oxygens (including phenoxy) is 1. The summed E-state index contributed by atoms with van der Waals surface area (Å²) in [6.45, 7) is 4.08. The minimum Gasteiger partial charge on any atom is -0.497 e. The minimum absolute atomic E-state index is 0.0411. The molecular formula is C17H28N2O2. The van der Waals surface area contributed by atoms with Crippen molar-refractivity contribution in [3.63, 3.8) is 0 Å². The Morgan fingerprint density at radius 3 is 2.48 bits per heavy atom. The number of carbonyl (C=O) groups excluding carboxylic acids is 1. The predicted molar refractivity (Wildman–Crippen MR) is 86.5 cm³/mol. The topological polar surface area (TPSA) is 50.4 Å². The van der Waals surface area contributed by atoms with Crippen LogP contribution < -0.4 is 15.4 Å². The Kier molecular flexibility index (Phi) is 9.29. The quantitative estimate of drug-likeness (QED) is 0.617. The monoisotopic (exact) mass is 292 g/mol. The lowest BCUT2D eigenvalue weighted by Crippen LogP contribution is -2.33. The molecule has 21 heavy (non-hydrogen) atoms. The Hall–Kier alpha value is -1.55. The first kappa shape index (κ1) is 17.5. The van der Waals surface area contributed by atoms with Crippen LogP contribution in [0.15, 0.2) is 24.3 Å². The van der Waals surface area contributed by atoms with Crippen LogP contribution >= 0.6 is 0 Å². The van der Waals surface area contributed by atoms with Gasteiger partial charge in [0.05, 0.1) is 13.7 Å². The number of carbonyl (C=O) groups is 1. The fourth-order valence-electron chi connectivity index (χ4n) is 2.06. The van der Waals surface area contributed by atoms with Crippen molar-refractivity contribution in [3.05, 3.63) is 29.8 Å². The zero-order chi connectivity index (χ0) is 15.3. The van der Waals surface area contributed by atoms with Crippen molar-refractivity contribution in [2.45, 2.75) is 45.6 Å². The van der Waals surface area contributed by atoms with Gasteiger partial charge in [-0.05, 0) is 30.7 Å². The third kappa shape index (κ3) is 8.35. The molecule has 0 aliphatic carbocycles. The van der Waals surface area contributed by atoms with E-state index in [0.29, 0.717) is 13.1 Å². The molecule has 4 nitrogen and oxygen atoms in total. The molecule has 2 N–H and O–H groups in total. The van der Waals surface area contributed by atoms with Gasteiger partial charge in [-0.2, -0.15) is 0 Å². The number of amides is 1. The molecule has 1 amide bonds. The molecule has 0 fully saturated rings. The molecule has 0 aromatic heterocycles. The van der Waals surface area contributed by atoms with Crippen LogP contribution in [0, 0.1) is 0 Å². The number of hydrogen-bond acceptors (Lipinski definition) is 3. The summed E-state index contributed by atoms with van der Waals surface area (Å²) in [6.07, 6.45) is 6.26. The van der Waals surface area contributed by atoms with Crippen molar-refractivity contribution in [2.75, 3.05) is 20.2 Å². The summed E-state index contributed by atoms with van der Waals surface area (Å²) in [6, 6.07) is 7.71. The van der Waals surface area contributed by atoms with Crippen LogP contribution in [0.2, 0.25) is 0 Å².